The van der Waals surface area contributed by atoms with Crippen molar-refractivity contribution in [3.63, 3.8) is 0 Å². The summed E-state index contributed by atoms with van der Waals surface area (Å²) in [4.78, 5) is 24.1. The highest BCUT2D eigenvalue weighted by atomic mass is 19.1. The van der Waals surface area contributed by atoms with E-state index in [4.69, 9.17) is 0 Å². The lowest BCUT2D eigenvalue weighted by atomic mass is 9.44. The van der Waals surface area contributed by atoms with E-state index >= 15 is 4.39 Å². The molecule has 27 heavy (non-hydrogen) atoms. The van der Waals surface area contributed by atoms with Gasteiger partial charge in [-0.05, 0) is 57.1 Å². The van der Waals surface area contributed by atoms with E-state index in [1.807, 2.05) is 0 Å². The number of hydrogen-bond acceptors (Lipinski definition) is 5. The van der Waals surface area contributed by atoms with Gasteiger partial charge in [0.1, 0.15) is 12.2 Å². The van der Waals surface area contributed by atoms with E-state index in [0.29, 0.717) is 24.8 Å². The van der Waals surface area contributed by atoms with Crippen molar-refractivity contribution in [3.05, 3.63) is 23.8 Å². The molecule has 4 aliphatic carbocycles. The number of fused-ring (bicyclic) bond motifs is 5. The van der Waals surface area contributed by atoms with Gasteiger partial charge in [0.15, 0.2) is 17.2 Å². The molecule has 0 bridgehead atoms. The molecular weight excluding hydrogens is 351 g/mol. The minimum Gasteiger partial charge on any atom is -0.390 e. The SMILES string of the molecule is CC12C[C@H](O)[C@@]3(F)C(CCC4=CC(=O)C=CC43C)C1CCC2(O)C(=O)CO. The first-order chi connectivity index (χ1) is 12.5. The Balaban J connectivity index is 1.81. The summed E-state index contributed by atoms with van der Waals surface area (Å²) in [5, 5.41) is 31.5. The maximum absolute atomic E-state index is 16.7. The number of aliphatic hydroxyl groups is 3. The molecule has 0 radical (unpaired) electrons. The van der Waals surface area contributed by atoms with Crippen LogP contribution in [0, 0.1) is 22.7 Å². The summed E-state index contributed by atoms with van der Waals surface area (Å²) in [7, 11) is 0. The van der Waals surface area contributed by atoms with Crippen molar-refractivity contribution < 1.29 is 29.3 Å². The Morgan fingerprint density at radius 3 is 2.67 bits per heavy atom. The average molecular weight is 378 g/mol. The van der Waals surface area contributed by atoms with Crippen LogP contribution < -0.4 is 0 Å². The van der Waals surface area contributed by atoms with E-state index in [0.717, 1.165) is 0 Å². The Labute approximate surface area is 158 Å². The molecule has 3 fully saturated rings. The van der Waals surface area contributed by atoms with Crippen LogP contribution in [0.15, 0.2) is 23.8 Å². The van der Waals surface area contributed by atoms with Crippen LogP contribution in [0.4, 0.5) is 4.39 Å². The summed E-state index contributed by atoms with van der Waals surface area (Å²) in [6, 6.07) is 0. The number of Topliss-reactive ketones (excluding diaryl/α,β-unsaturated/α-hetero) is 1. The molecule has 0 aromatic heterocycles. The molecule has 7 atom stereocenters. The van der Waals surface area contributed by atoms with Crippen LogP contribution in [-0.4, -0.2) is 50.9 Å². The van der Waals surface area contributed by atoms with Crippen LogP contribution in [0.1, 0.15) is 46.0 Å². The second kappa shape index (κ2) is 5.58. The molecule has 5 unspecified atom stereocenters. The molecule has 3 N–H and O–H groups in total. The molecular formula is C21H27FO5. The van der Waals surface area contributed by atoms with Crippen molar-refractivity contribution in [3.8, 4) is 0 Å². The first-order valence-corrected chi connectivity index (χ1v) is 9.72. The van der Waals surface area contributed by atoms with Crippen LogP contribution in [0.25, 0.3) is 0 Å². The summed E-state index contributed by atoms with van der Waals surface area (Å²) in [5.74, 6) is -1.64. The molecule has 0 saturated heterocycles. The fraction of sp³-hybridized carbons (Fsp3) is 0.714. The fourth-order valence-corrected chi connectivity index (χ4v) is 6.80. The molecule has 5 nitrogen and oxygen atoms in total. The van der Waals surface area contributed by atoms with Gasteiger partial charge in [-0.25, -0.2) is 4.39 Å². The number of allylic oxidation sites excluding steroid dienone is 4. The zero-order valence-corrected chi connectivity index (χ0v) is 15.7. The van der Waals surface area contributed by atoms with Crippen LogP contribution >= 0.6 is 0 Å². The van der Waals surface area contributed by atoms with Crippen molar-refractivity contribution in [2.24, 2.45) is 22.7 Å². The number of carbonyl (C=O) groups is 2. The highest BCUT2D eigenvalue weighted by molar-refractivity contribution is 6.01. The Morgan fingerprint density at radius 2 is 2.00 bits per heavy atom. The number of rotatable bonds is 2. The first-order valence-electron chi connectivity index (χ1n) is 9.72. The average Bonchev–Trinajstić information content (AvgIpc) is 2.88. The van der Waals surface area contributed by atoms with E-state index in [9.17, 15) is 24.9 Å². The molecule has 0 spiro atoms. The second-order valence-corrected chi connectivity index (χ2v) is 9.24. The van der Waals surface area contributed by atoms with Gasteiger partial charge in [0.25, 0.3) is 0 Å². The molecule has 0 aromatic carbocycles. The molecule has 0 aromatic rings. The lowest BCUT2D eigenvalue weighted by Crippen LogP contribution is -2.69. The molecule has 4 rings (SSSR count). The van der Waals surface area contributed by atoms with Gasteiger partial charge in [0.05, 0.1) is 6.10 Å². The monoisotopic (exact) mass is 378 g/mol. The molecule has 0 amide bonds. The Hall–Kier alpha value is -1.37. The maximum atomic E-state index is 16.7. The Morgan fingerprint density at radius 1 is 1.30 bits per heavy atom. The van der Waals surface area contributed by atoms with Crippen molar-refractivity contribution in [1.82, 2.24) is 0 Å². The molecule has 3 saturated carbocycles. The van der Waals surface area contributed by atoms with Crippen molar-refractivity contribution in [2.45, 2.75) is 63.3 Å². The summed E-state index contributed by atoms with van der Waals surface area (Å²) in [6.45, 7) is 2.71. The van der Waals surface area contributed by atoms with Gasteiger partial charge in [0, 0.05) is 16.7 Å². The molecule has 148 valence electrons. The fourth-order valence-electron chi connectivity index (χ4n) is 6.80. The maximum Gasteiger partial charge on any atom is 0.190 e. The molecule has 0 aliphatic heterocycles. The van der Waals surface area contributed by atoms with Crippen LogP contribution in [-0.2, 0) is 9.59 Å². The smallest absolute Gasteiger partial charge is 0.190 e. The lowest BCUT2D eigenvalue weighted by molar-refractivity contribution is -0.217. The minimum atomic E-state index is -1.97. The quantitative estimate of drug-likeness (QED) is 0.679. The number of alkyl halides is 1. The standard InChI is InChI=1S/C21H27FO5/c1-18-7-5-13(24)9-12(18)3-4-15-14-6-8-20(27,17(26)11-23)19(14,2)10-16(25)21(15,18)22/h5,7,9,14-16,23,25,27H,3-4,6,8,10-11H2,1-2H3/t14?,15?,16-,18?,19?,20?,21-/m0/s1. The highest BCUT2D eigenvalue weighted by Crippen LogP contribution is 2.69. The Kier molecular flexibility index (Phi) is 3.92. The topological polar surface area (TPSA) is 94.8 Å². The third-order valence-corrected chi connectivity index (χ3v) is 8.40. The minimum absolute atomic E-state index is 0.0580. The van der Waals surface area contributed by atoms with E-state index in [2.05, 4.69) is 0 Å². The number of carbonyl (C=O) groups excluding carboxylic acids is 2. The van der Waals surface area contributed by atoms with Crippen molar-refractivity contribution in [1.29, 1.82) is 0 Å². The van der Waals surface area contributed by atoms with E-state index < -0.39 is 46.5 Å². The van der Waals surface area contributed by atoms with E-state index in [1.165, 1.54) is 12.2 Å². The van der Waals surface area contributed by atoms with Crippen molar-refractivity contribution >= 4 is 11.6 Å². The number of halogens is 1. The van der Waals surface area contributed by atoms with Gasteiger partial charge >= 0.3 is 0 Å². The van der Waals surface area contributed by atoms with Gasteiger partial charge < -0.3 is 15.3 Å². The number of hydrogen-bond donors (Lipinski definition) is 3. The molecule has 6 heteroatoms. The summed E-state index contributed by atoms with van der Waals surface area (Å²) in [6.07, 6.45) is 4.65. The first kappa shape index (κ1) is 19.0. The second-order valence-electron chi connectivity index (χ2n) is 9.24. The molecule has 4 aliphatic rings. The third-order valence-electron chi connectivity index (χ3n) is 8.40. The highest BCUT2D eigenvalue weighted by Gasteiger charge is 2.73. The van der Waals surface area contributed by atoms with Crippen LogP contribution in [0.5, 0.6) is 0 Å². The van der Waals surface area contributed by atoms with Crippen LogP contribution in [0.2, 0.25) is 0 Å². The predicted molar refractivity (Wildman–Crippen MR) is 95.4 cm³/mol. The predicted octanol–water partition coefficient (Wildman–Crippen LogP) is 1.65. The van der Waals surface area contributed by atoms with Gasteiger partial charge in [0.2, 0.25) is 0 Å². The van der Waals surface area contributed by atoms with Crippen molar-refractivity contribution in [2.75, 3.05) is 6.61 Å². The number of aliphatic hydroxyl groups excluding tert-OH is 2. The van der Waals surface area contributed by atoms with E-state index in [-0.39, 0.29) is 24.5 Å². The largest absolute Gasteiger partial charge is 0.390 e. The Bertz CT molecular complexity index is 775. The van der Waals surface area contributed by atoms with Gasteiger partial charge in [-0.1, -0.05) is 18.6 Å². The number of ketones is 2. The van der Waals surface area contributed by atoms with Crippen LogP contribution in [0.3, 0.4) is 0 Å². The van der Waals surface area contributed by atoms with Gasteiger partial charge in [-0.2, -0.15) is 0 Å². The zero-order valence-electron chi connectivity index (χ0n) is 15.7. The zero-order chi connectivity index (χ0) is 19.8. The summed E-state index contributed by atoms with van der Waals surface area (Å²) < 4.78 is 16.7. The molecule has 0 heterocycles. The normalized spacial score (nSPS) is 51.3. The van der Waals surface area contributed by atoms with Gasteiger partial charge in [-0.3, -0.25) is 9.59 Å². The summed E-state index contributed by atoms with van der Waals surface area (Å²) >= 11 is 0. The lowest BCUT2D eigenvalue weighted by Gasteiger charge is -2.62. The summed E-state index contributed by atoms with van der Waals surface area (Å²) in [5.41, 5.74) is -5.07. The van der Waals surface area contributed by atoms with Gasteiger partial charge in [-0.15, -0.1) is 0 Å². The van der Waals surface area contributed by atoms with E-state index in [1.54, 1.807) is 19.9 Å². The third kappa shape index (κ3) is 2.04.